The molecule has 8 rings (SSSR count). The Bertz CT molecular complexity index is 2430. The molecule has 314 valence electrons. The molecule has 0 bridgehead atoms. The van der Waals surface area contributed by atoms with Crippen molar-refractivity contribution in [3.05, 3.63) is 59.5 Å². The molecule has 2 aliphatic carbocycles. The molecule has 4 amide bonds. The first kappa shape index (κ1) is 40.8. The third-order valence-corrected chi connectivity index (χ3v) is 14.5. The number of carbonyl (C=O) groups is 4. The minimum Gasteiger partial charge on any atom is -0.484 e. The van der Waals surface area contributed by atoms with Crippen LogP contribution in [0.25, 0.3) is 32.6 Å². The van der Waals surface area contributed by atoms with E-state index in [4.69, 9.17) is 18.9 Å². The molecule has 5 heterocycles. The Labute approximate surface area is 347 Å². The predicted octanol–water partition coefficient (Wildman–Crippen LogP) is 6.52. The molecule has 3 fully saturated rings. The number of alkyl carbamates (subject to hydrolysis) is 1. The number of pyridine rings is 1. The summed E-state index contributed by atoms with van der Waals surface area (Å²) >= 11 is 1.64. The van der Waals surface area contributed by atoms with Crippen molar-refractivity contribution in [2.45, 2.75) is 126 Å². The van der Waals surface area contributed by atoms with E-state index in [1.54, 1.807) is 32.1 Å². The van der Waals surface area contributed by atoms with Gasteiger partial charge < -0.3 is 29.4 Å². The second-order valence-corrected chi connectivity index (χ2v) is 20.2. The van der Waals surface area contributed by atoms with Crippen LogP contribution in [0.5, 0.6) is 5.75 Å². The summed E-state index contributed by atoms with van der Waals surface area (Å²) in [7, 11) is -3.91. The van der Waals surface area contributed by atoms with E-state index in [9.17, 15) is 27.6 Å². The van der Waals surface area contributed by atoms with Gasteiger partial charge in [-0.25, -0.2) is 18.2 Å². The van der Waals surface area contributed by atoms with Crippen molar-refractivity contribution in [1.29, 1.82) is 0 Å². The maximum atomic E-state index is 14.7. The number of furan rings is 1. The van der Waals surface area contributed by atoms with Gasteiger partial charge in [-0.2, -0.15) is 0 Å². The van der Waals surface area contributed by atoms with Gasteiger partial charge in [0.1, 0.15) is 40.4 Å². The third-order valence-electron chi connectivity index (χ3n) is 11.4. The van der Waals surface area contributed by atoms with E-state index in [0.29, 0.717) is 60.2 Å². The third kappa shape index (κ3) is 8.70. The number of nitrogens with one attached hydrogen (secondary N) is 3. The van der Waals surface area contributed by atoms with Crippen molar-refractivity contribution in [1.82, 2.24) is 25.2 Å². The minimum absolute atomic E-state index is 0.0274. The molecule has 5 atom stereocenters. The van der Waals surface area contributed by atoms with Crippen molar-refractivity contribution in [3.8, 4) is 16.3 Å². The van der Waals surface area contributed by atoms with Crippen molar-refractivity contribution in [2.24, 2.45) is 5.92 Å². The monoisotopic (exact) mass is 845 g/mol. The molecule has 2 saturated carbocycles. The van der Waals surface area contributed by atoms with Crippen LogP contribution in [0.2, 0.25) is 0 Å². The Morgan fingerprint density at radius 1 is 1.08 bits per heavy atom. The number of para-hydroxylation sites is 1. The predicted molar refractivity (Wildman–Crippen MR) is 223 cm³/mol. The Morgan fingerprint density at radius 2 is 1.88 bits per heavy atom. The number of sulfonamides is 1. The second-order valence-electron chi connectivity index (χ2n) is 17.1. The second kappa shape index (κ2) is 15.9. The topological polar surface area (TPSA) is 186 Å². The van der Waals surface area contributed by atoms with Gasteiger partial charge in [0.15, 0.2) is 11.3 Å². The molecular weight excluding hydrogens is 795 g/mol. The highest BCUT2D eigenvalue weighted by atomic mass is 32.2. The lowest BCUT2D eigenvalue weighted by Gasteiger charge is -2.30. The fourth-order valence-corrected chi connectivity index (χ4v) is 10.3. The van der Waals surface area contributed by atoms with Crippen LogP contribution in [0.15, 0.2) is 59.0 Å². The number of hydrogen-bond acceptors (Lipinski definition) is 11. The SMILES string of the molecule is CCc1ccc(-c2cc(O[C@@H]3C[C@H]4C(=O)N[C@]5(C(=O)NS(=O)(=O)C6CC6)C[C@H]5C=CCCCCC[C@H](NC(=O)OC(C)(C)C)C(=O)N4C3)c3oc4ccccc4c3n2)s1. The van der Waals surface area contributed by atoms with E-state index >= 15 is 0 Å². The molecule has 4 aliphatic rings. The maximum absolute atomic E-state index is 14.7. The molecule has 2 aliphatic heterocycles. The summed E-state index contributed by atoms with van der Waals surface area (Å²) in [6.07, 6.45) is 7.55. The number of rotatable bonds is 8. The lowest BCUT2D eigenvalue weighted by atomic mass is 10.0. The normalized spacial score (nSPS) is 25.4. The van der Waals surface area contributed by atoms with Crippen LogP contribution < -0.4 is 20.1 Å². The number of fused-ring (bicyclic) bond motifs is 5. The lowest BCUT2D eigenvalue weighted by molar-refractivity contribution is -0.141. The Hall–Kier alpha value is -4.96. The Kier molecular flexibility index (Phi) is 11.0. The highest BCUT2D eigenvalue weighted by molar-refractivity contribution is 7.91. The number of carbonyl (C=O) groups excluding carboxylic acids is 4. The molecule has 14 nitrogen and oxygen atoms in total. The number of aromatic nitrogens is 1. The van der Waals surface area contributed by atoms with Crippen molar-refractivity contribution in [2.75, 3.05) is 6.54 Å². The Morgan fingerprint density at radius 3 is 2.63 bits per heavy atom. The molecule has 0 unspecified atom stereocenters. The summed E-state index contributed by atoms with van der Waals surface area (Å²) in [5, 5.41) is 5.86. The largest absolute Gasteiger partial charge is 0.484 e. The first-order valence-electron chi connectivity index (χ1n) is 20.6. The van der Waals surface area contributed by atoms with Gasteiger partial charge in [0.05, 0.1) is 22.4 Å². The summed E-state index contributed by atoms with van der Waals surface area (Å²) in [4.78, 5) is 64.8. The zero-order valence-corrected chi connectivity index (χ0v) is 35.4. The van der Waals surface area contributed by atoms with Gasteiger partial charge >= 0.3 is 6.09 Å². The van der Waals surface area contributed by atoms with Crippen LogP contribution in [0.1, 0.15) is 90.4 Å². The lowest BCUT2D eigenvalue weighted by Crippen LogP contribution is -2.58. The van der Waals surface area contributed by atoms with Gasteiger partial charge in [0.25, 0.3) is 5.91 Å². The fourth-order valence-electron chi connectivity index (χ4n) is 8.05. The number of nitrogens with zero attached hydrogens (tertiary/aromatic N) is 2. The standard InChI is InChI=1S/C43H51N5O9S2/c1-5-27-17-20-35(58-27)31-22-34(37-36(44-31)29-14-11-12-16-33(29)56-37)55-26-21-32-38(49)46-43(40(51)47-59(53,54)28-18-19-28)23-25(43)13-9-7-6-8-10-15-30(39(50)48(32)24-26)45-41(52)57-42(2,3)4/h9,11-14,16-17,20,22,25-26,28,30,32H,5-8,10,15,18-19,21,23-24H2,1-4H3,(H,45,52)(H,46,49)(H,47,51)/t25-,26-,30+,32+,43-/m1/s1. The van der Waals surface area contributed by atoms with E-state index in [1.807, 2.05) is 48.6 Å². The highest BCUT2D eigenvalue weighted by Gasteiger charge is 2.62. The minimum atomic E-state index is -3.91. The summed E-state index contributed by atoms with van der Waals surface area (Å²) < 4.78 is 46.7. The number of thiophene rings is 1. The van der Waals surface area contributed by atoms with Crippen molar-refractivity contribution < 1.29 is 41.5 Å². The first-order chi connectivity index (χ1) is 28.1. The van der Waals surface area contributed by atoms with E-state index < -0.39 is 74.3 Å². The quantitative estimate of drug-likeness (QED) is 0.165. The van der Waals surface area contributed by atoms with Gasteiger partial charge in [-0.1, -0.05) is 44.1 Å². The number of amides is 4. The van der Waals surface area contributed by atoms with Crippen molar-refractivity contribution in [3.63, 3.8) is 0 Å². The molecule has 59 heavy (non-hydrogen) atoms. The van der Waals surface area contributed by atoms with Gasteiger partial charge in [-0.3, -0.25) is 19.1 Å². The molecule has 1 aromatic carbocycles. The molecule has 4 aromatic rings. The molecule has 3 N–H and O–H groups in total. The van der Waals surface area contributed by atoms with Crippen molar-refractivity contribution >= 4 is 67.2 Å². The molecule has 0 spiro atoms. The Balaban J connectivity index is 1.14. The van der Waals surface area contributed by atoms with E-state index in [0.717, 1.165) is 29.5 Å². The summed E-state index contributed by atoms with van der Waals surface area (Å²) in [6.45, 7) is 7.27. The number of aryl methyl sites for hydroxylation is 1. The number of benzene rings is 1. The molecule has 1 saturated heterocycles. The average molecular weight is 846 g/mol. The fraction of sp³-hybridized carbons (Fsp3) is 0.512. The number of ether oxygens (including phenoxy) is 2. The average Bonchev–Trinajstić information content (AvgIpc) is 4.00. The maximum Gasteiger partial charge on any atom is 0.408 e. The number of hydrogen-bond donors (Lipinski definition) is 3. The zero-order valence-electron chi connectivity index (χ0n) is 33.7. The molecule has 3 aromatic heterocycles. The summed E-state index contributed by atoms with van der Waals surface area (Å²) in [5.41, 5.74) is 0.0211. The van der Waals surface area contributed by atoms with Gasteiger partial charge in [-0.05, 0) is 90.0 Å². The van der Waals surface area contributed by atoms with Gasteiger partial charge in [-0.15, -0.1) is 11.3 Å². The van der Waals surface area contributed by atoms with Crippen LogP contribution in [0, 0.1) is 5.92 Å². The molecule has 16 heteroatoms. The van der Waals surface area contributed by atoms with E-state index in [-0.39, 0.29) is 19.4 Å². The first-order valence-corrected chi connectivity index (χ1v) is 22.9. The van der Waals surface area contributed by atoms with Crippen LogP contribution >= 0.6 is 11.3 Å². The van der Waals surface area contributed by atoms with Gasteiger partial charge in [0.2, 0.25) is 21.8 Å². The van der Waals surface area contributed by atoms with Crippen LogP contribution in [-0.2, 0) is 35.6 Å². The number of allylic oxidation sites excluding steroid dienone is 1. The molecular formula is C43H51N5O9S2. The smallest absolute Gasteiger partial charge is 0.408 e. The van der Waals surface area contributed by atoms with Gasteiger partial charge in [0, 0.05) is 28.7 Å². The van der Waals surface area contributed by atoms with E-state index in [2.05, 4.69) is 28.3 Å². The summed E-state index contributed by atoms with van der Waals surface area (Å²) in [5.74, 6) is -1.95. The zero-order chi connectivity index (χ0) is 41.7. The molecule has 0 radical (unpaired) electrons. The highest BCUT2D eigenvalue weighted by Crippen LogP contribution is 2.46. The van der Waals surface area contributed by atoms with Crippen LogP contribution in [0.4, 0.5) is 4.79 Å². The summed E-state index contributed by atoms with van der Waals surface area (Å²) in [6, 6.07) is 11.3. The van der Waals surface area contributed by atoms with Crippen LogP contribution in [-0.4, -0.2) is 83.2 Å². The van der Waals surface area contributed by atoms with E-state index in [1.165, 1.54) is 9.78 Å². The van der Waals surface area contributed by atoms with Crippen LogP contribution in [0.3, 0.4) is 0 Å².